The van der Waals surface area contributed by atoms with Gasteiger partial charge < -0.3 is 23.6 Å². The summed E-state index contributed by atoms with van der Waals surface area (Å²) in [5.74, 6) is 1.37. The van der Waals surface area contributed by atoms with Crippen LogP contribution >= 0.6 is 0 Å². The number of nitrogens with zero attached hydrogens (tertiary/aromatic N) is 7. The first-order chi connectivity index (χ1) is 21.3. The van der Waals surface area contributed by atoms with Crippen LogP contribution in [0.2, 0.25) is 0 Å². The van der Waals surface area contributed by atoms with E-state index >= 15 is 0 Å². The van der Waals surface area contributed by atoms with E-state index < -0.39 is 23.2 Å². The summed E-state index contributed by atoms with van der Waals surface area (Å²) in [4.78, 5) is 30.8. The quantitative estimate of drug-likeness (QED) is 0.305. The molecule has 0 unspecified atom stereocenters. The minimum absolute atomic E-state index is 0.138. The van der Waals surface area contributed by atoms with Gasteiger partial charge in [0.05, 0.1) is 36.6 Å². The van der Waals surface area contributed by atoms with Gasteiger partial charge in [-0.05, 0) is 73.5 Å². The lowest BCUT2D eigenvalue weighted by molar-refractivity contribution is 0.0214. The molecule has 2 aromatic heterocycles. The molecule has 240 valence electrons. The Morgan fingerprint density at radius 1 is 1.13 bits per heavy atom. The van der Waals surface area contributed by atoms with E-state index in [4.69, 9.17) is 18.7 Å². The lowest BCUT2D eigenvalue weighted by Crippen LogP contribution is -2.40. The number of rotatable bonds is 9. The van der Waals surface area contributed by atoms with Crippen LogP contribution in [0.3, 0.4) is 0 Å². The van der Waals surface area contributed by atoms with Gasteiger partial charge in [0.1, 0.15) is 17.8 Å². The number of likely N-dealkylation sites (N-methyl/N-ethyl adjacent to an activating group) is 1. The zero-order valence-electron chi connectivity index (χ0n) is 27.2. The minimum Gasteiger partial charge on any atom is -0.473 e. The highest BCUT2D eigenvalue weighted by Gasteiger charge is 2.39. The highest BCUT2D eigenvalue weighted by Crippen LogP contribution is 2.33. The normalized spacial score (nSPS) is 21.4. The maximum atomic E-state index is 13.0. The number of hydrogen-bond acceptors (Lipinski definition) is 11. The van der Waals surface area contributed by atoms with Gasteiger partial charge in [-0.15, -0.1) is 0 Å². The summed E-state index contributed by atoms with van der Waals surface area (Å²) < 4.78 is 24.0. The molecule has 2 aliphatic heterocycles. The van der Waals surface area contributed by atoms with Crippen molar-refractivity contribution >= 4 is 6.09 Å². The first-order valence-corrected chi connectivity index (χ1v) is 15.5. The Morgan fingerprint density at radius 3 is 2.53 bits per heavy atom. The summed E-state index contributed by atoms with van der Waals surface area (Å²) in [5, 5.41) is 13.7. The molecule has 2 fully saturated rings. The molecule has 12 heteroatoms. The second kappa shape index (κ2) is 13.0. The molecule has 12 nitrogen and oxygen atoms in total. The Balaban J connectivity index is 1.43. The third kappa shape index (κ3) is 7.53. The average molecular weight is 618 g/mol. The van der Waals surface area contributed by atoms with Gasteiger partial charge >= 0.3 is 6.09 Å². The predicted octanol–water partition coefficient (Wildman–Crippen LogP) is 5.38. The Labute approximate surface area is 264 Å². The van der Waals surface area contributed by atoms with Crippen molar-refractivity contribution in [2.75, 3.05) is 20.1 Å². The van der Waals surface area contributed by atoms with Gasteiger partial charge in [-0.3, -0.25) is 4.90 Å². The molecular weight excluding hydrogens is 574 g/mol. The molecule has 2 aliphatic rings. The van der Waals surface area contributed by atoms with E-state index in [1.165, 1.54) is 0 Å². The van der Waals surface area contributed by atoms with Gasteiger partial charge in [0.25, 0.3) is 5.89 Å². The van der Waals surface area contributed by atoms with Crippen LogP contribution in [0.25, 0.3) is 11.7 Å². The zero-order valence-corrected chi connectivity index (χ0v) is 27.2. The van der Waals surface area contributed by atoms with Crippen LogP contribution in [0.15, 0.2) is 40.9 Å². The number of benzene rings is 1. The first kappa shape index (κ1) is 32.2. The smallest absolute Gasteiger partial charge is 0.410 e. The third-order valence-corrected chi connectivity index (χ3v) is 8.39. The second-order valence-corrected chi connectivity index (χ2v) is 13.4. The summed E-state index contributed by atoms with van der Waals surface area (Å²) in [6, 6.07) is 13.7. The molecule has 4 atom stereocenters. The van der Waals surface area contributed by atoms with E-state index in [1.54, 1.807) is 11.0 Å². The lowest BCUT2D eigenvalue weighted by atomic mass is 9.84. The molecule has 5 rings (SSSR count). The molecule has 1 aromatic carbocycles. The molecule has 1 amide bonds. The Morgan fingerprint density at radius 2 is 1.87 bits per heavy atom. The summed E-state index contributed by atoms with van der Waals surface area (Å²) in [6.07, 6.45) is 1.70. The Bertz CT molecular complexity index is 1510. The van der Waals surface area contributed by atoms with Crippen LogP contribution in [0.4, 0.5) is 4.79 Å². The summed E-state index contributed by atoms with van der Waals surface area (Å²) >= 11 is 0. The van der Waals surface area contributed by atoms with E-state index in [0.29, 0.717) is 18.1 Å². The molecule has 0 saturated carbocycles. The number of aromatic nitrogens is 4. The fourth-order valence-corrected chi connectivity index (χ4v) is 5.94. The third-order valence-electron chi connectivity index (χ3n) is 8.39. The Hall–Kier alpha value is -4.24. The van der Waals surface area contributed by atoms with E-state index in [2.05, 4.69) is 38.1 Å². The van der Waals surface area contributed by atoms with E-state index in [-0.39, 0.29) is 48.7 Å². The number of likely N-dealkylation sites (tertiary alicyclic amines) is 2. The molecule has 0 radical (unpaired) electrons. The van der Waals surface area contributed by atoms with Crippen LogP contribution in [-0.4, -0.2) is 86.0 Å². The number of nitriles is 1. The lowest BCUT2D eigenvalue weighted by Gasteiger charge is -2.27. The van der Waals surface area contributed by atoms with Crippen molar-refractivity contribution in [2.24, 2.45) is 0 Å². The minimum atomic E-state index is -0.664. The molecule has 0 spiro atoms. The SMILES string of the molecule is C[C@H](Oc1cc(O[C@@H]2C[C@@H](CC#N)N(C(=O)OC(C)(C)C)C2)nc(-c2nc(C(C)(C)c3ccccc3)no2)n1)[C@@H]1CCCN1C. The molecule has 45 heavy (non-hydrogen) atoms. The largest absolute Gasteiger partial charge is 0.473 e. The molecule has 0 N–H and O–H groups in total. The van der Waals surface area contributed by atoms with E-state index in [1.807, 2.05) is 71.9 Å². The molecule has 0 aliphatic carbocycles. The van der Waals surface area contributed by atoms with Gasteiger partial charge in [0, 0.05) is 12.5 Å². The summed E-state index contributed by atoms with van der Waals surface area (Å²) in [6.45, 7) is 12.8. The van der Waals surface area contributed by atoms with Gasteiger partial charge in [0.15, 0.2) is 5.82 Å². The number of hydrogen-bond donors (Lipinski definition) is 0. The second-order valence-electron chi connectivity index (χ2n) is 13.4. The van der Waals surface area contributed by atoms with Gasteiger partial charge in [0.2, 0.25) is 17.6 Å². The van der Waals surface area contributed by atoms with Crippen molar-refractivity contribution in [2.45, 2.75) is 103 Å². The fourth-order valence-electron chi connectivity index (χ4n) is 5.94. The van der Waals surface area contributed by atoms with Crippen molar-refractivity contribution in [1.82, 2.24) is 29.9 Å². The van der Waals surface area contributed by atoms with E-state index in [9.17, 15) is 10.1 Å². The van der Waals surface area contributed by atoms with Crippen LogP contribution in [-0.2, 0) is 10.2 Å². The number of carbonyl (C=O) groups excluding carboxylic acids is 1. The molecule has 0 bridgehead atoms. The molecule has 2 saturated heterocycles. The highest BCUT2D eigenvalue weighted by molar-refractivity contribution is 5.69. The highest BCUT2D eigenvalue weighted by atomic mass is 16.6. The maximum absolute atomic E-state index is 13.0. The first-order valence-electron chi connectivity index (χ1n) is 15.5. The Kier molecular flexibility index (Phi) is 9.30. The van der Waals surface area contributed by atoms with Crippen LogP contribution in [0, 0.1) is 11.3 Å². The molecule has 3 aromatic rings. The summed E-state index contributed by atoms with van der Waals surface area (Å²) in [5.41, 5.74) is -0.150. The molecule has 4 heterocycles. The van der Waals surface area contributed by atoms with Crippen molar-refractivity contribution in [1.29, 1.82) is 5.26 Å². The van der Waals surface area contributed by atoms with Crippen LogP contribution in [0.5, 0.6) is 11.8 Å². The van der Waals surface area contributed by atoms with Crippen LogP contribution in [0.1, 0.15) is 78.6 Å². The van der Waals surface area contributed by atoms with Gasteiger partial charge in [-0.2, -0.15) is 20.2 Å². The van der Waals surface area contributed by atoms with Crippen molar-refractivity contribution in [3.63, 3.8) is 0 Å². The number of carbonyl (C=O) groups is 1. The topological polar surface area (TPSA) is 140 Å². The molecular formula is C33H43N7O5. The fraction of sp³-hybridized carbons (Fsp3) is 0.576. The zero-order chi connectivity index (χ0) is 32.4. The van der Waals surface area contributed by atoms with Crippen molar-refractivity contribution in [3.8, 4) is 29.5 Å². The summed E-state index contributed by atoms with van der Waals surface area (Å²) in [7, 11) is 2.10. The standard InChI is InChI=1S/C33H43N7O5/c1-21(25-14-11-17-39(25)7)42-26-19-27(43-24-18-23(15-16-34)40(20-24)31(41)44-32(2,3)4)36-28(35-26)29-37-30(38-45-29)33(5,6)22-12-9-8-10-13-22/h8-10,12-13,19,21,23-25H,11,14-15,17-18,20H2,1-7H3/t21-,23+,24+,25-/m0/s1. The maximum Gasteiger partial charge on any atom is 0.410 e. The predicted molar refractivity (Wildman–Crippen MR) is 166 cm³/mol. The monoisotopic (exact) mass is 617 g/mol. The van der Waals surface area contributed by atoms with Crippen LogP contribution < -0.4 is 9.47 Å². The van der Waals surface area contributed by atoms with Gasteiger partial charge in [-0.1, -0.05) is 35.5 Å². The number of amides is 1. The van der Waals surface area contributed by atoms with E-state index in [0.717, 1.165) is 24.9 Å². The average Bonchev–Trinajstić information content (AvgIpc) is 3.73. The van der Waals surface area contributed by atoms with Crippen molar-refractivity contribution < 1.29 is 23.5 Å². The van der Waals surface area contributed by atoms with Crippen molar-refractivity contribution in [3.05, 3.63) is 47.8 Å². The van der Waals surface area contributed by atoms with Gasteiger partial charge in [-0.25, -0.2) is 4.79 Å². The number of ether oxygens (including phenoxy) is 3.